The Bertz CT molecular complexity index is 1410. The number of nitrogens with zero attached hydrogens (tertiary/aromatic N) is 2. The molecule has 198 valence electrons. The molecule has 1 atom stereocenters. The van der Waals surface area contributed by atoms with Crippen LogP contribution in [0.15, 0.2) is 53.6 Å². The van der Waals surface area contributed by atoms with Crippen molar-refractivity contribution in [1.29, 1.82) is 0 Å². The average Bonchev–Trinajstić information content (AvgIpc) is 3.65. The summed E-state index contributed by atoms with van der Waals surface area (Å²) in [7, 11) is 2.42. The summed E-state index contributed by atoms with van der Waals surface area (Å²) in [5.41, 5.74) is 0.214. The Morgan fingerprint density at radius 2 is 1.71 bits per heavy atom. The first kappa shape index (κ1) is 25.9. The standard InChI is InChI=1S/C27H22F4N2O4S/c1-35-23-17(4-3-5-20(23)37-13-14-6-7-14)27-33(32-25(38-27)15-8-10-16(28)11-9-15)26(34)18-12-19(29)22(31)24(36-2)21(18)30/h3-5,8-12,14,27H,6-7,13H2,1-2H3. The van der Waals surface area contributed by atoms with Gasteiger partial charge in [0.25, 0.3) is 5.91 Å². The molecule has 0 saturated heterocycles. The van der Waals surface area contributed by atoms with E-state index in [4.69, 9.17) is 9.47 Å². The Labute approximate surface area is 220 Å². The van der Waals surface area contributed by atoms with Crippen LogP contribution in [0.2, 0.25) is 0 Å². The van der Waals surface area contributed by atoms with E-state index in [1.54, 1.807) is 18.2 Å². The van der Waals surface area contributed by atoms with Crippen molar-refractivity contribution >= 4 is 22.7 Å². The number of hydrogen-bond donors (Lipinski definition) is 0. The number of hydrazone groups is 1. The molecule has 1 aliphatic heterocycles. The van der Waals surface area contributed by atoms with Gasteiger partial charge < -0.3 is 14.2 Å². The number of carbonyl (C=O) groups excluding carboxylic acids is 1. The predicted molar refractivity (Wildman–Crippen MR) is 134 cm³/mol. The zero-order valence-corrected chi connectivity index (χ0v) is 21.2. The van der Waals surface area contributed by atoms with E-state index < -0.39 is 45.9 Å². The van der Waals surface area contributed by atoms with Crippen molar-refractivity contribution in [3.8, 4) is 17.2 Å². The van der Waals surface area contributed by atoms with E-state index in [0.29, 0.717) is 46.3 Å². The number of amides is 1. The second kappa shape index (κ2) is 10.6. The van der Waals surface area contributed by atoms with Crippen molar-refractivity contribution in [1.82, 2.24) is 5.01 Å². The first-order valence-corrected chi connectivity index (χ1v) is 12.6. The lowest BCUT2D eigenvalue weighted by Gasteiger charge is -2.24. The lowest BCUT2D eigenvalue weighted by atomic mass is 10.1. The number of para-hydroxylation sites is 1. The highest BCUT2D eigenvalue weighted by Crippen LogP contribution is 2.48. The zero-order chi connectivity index (χ0) is 27.0. The van der Waals surface area contributed by atoms with Crippen molar-refractivity contribution < 1.29 is 36.6 Å². The number of hydrogen-bond acceptors (Lipinski definition) is 6. The van der Waals surface area contributed by atoms with Crippen LogP contribution >= 0.6 is 11.8 Å². The fraction of sp³-hybridized carbons (Fsp3) is 0.259. The molecule has 1 unspecified atom stereocenters. The second-order valence-corrected chi connectivity index (χ2v) is 9.80. The van der Waals surface area contributed by atoms with Gasteiger partial charge in [0.15, 0.2) is 28.9 Å². The molecule has 0 spiro atoms. The van der Waals surface area contributed by atoms with Gasteiger partial charge in [0.1, 0.15) is 16.2 Å². The molecule has 1 saturated carbocycles. The van der Waals surface area contributed by atoms with Crippen LogP contribution in [0.3, 0.4) is 0 Å². The molecule has 0 N–H and O–H groups in total. The third kappa shape index (κ3) is 4.90. The Hall–Kier alpha value is -3.73. The van der Waals surface area contributed by atoms with E-state index in [1.807, 2.05) is 0 Å². The zero-order valence-electron chi connectivity index (χ0n) is 20.3. The maximum absolute atomic E-state index is 15.1. The van der Waals surface area contributed by atoms with Crippen molar-refractivity contribution in [2.45, 2.75) is 18.2 Å². The molecular weight excluding hydrogens is 524 g/mol. The highest BCUT2D eigenvalue weighted by molar-refractivity contribution is 8.14. The largest absolute Gasteiger partial charge is 0.492 e. The summed E-state index contributed by atoms with van der Waals surface area (Å²) in [5, 5.41) is 4.76. The lowest BCUT2D eigenvalue weighted by Crippen LogP contribution is -2.27. The van der Waals surface area contributed by atoms with Crippen LogP contribution in [0.4, 0.5) is 17.6 Å². The molecule has 0 radical (unpaired) electrons. The summed E-state index contributed by atoms with van der Waals surface area (Å²) >= 11 is 1.13. The predicted octanol–water partition coefficient (Wildman–Crippen LogP) is 6.30. The Balaban J connectivity index is 1.59. The van der Waals surface area contributed by atoms with Gasteiger partial charge >= 0.3 is 0 Å². The molecule has 0 bridgehead atoms. The summed E-state index contributed by atoms with van der Waals surface area (Å²) in [6, 6.07) is 11.1. The van der Waals surface area contributed by atoms with Crippen molar-refractivity contribution in [3.63, 3.8) is 0 Å². The number of carbonyl (C=O) groups is 1. The molecular formula is C27H22F4N2O4S. The van der Waals surface area contributed by atoms with Crippen LogP contribution in [0.25, 0.3) is 0 Å². The van der Waals surface area contributed by atoms with Gasteiger partial charge in [0.05, 0.1) is 26.4 Å². The van der Waals surface area contributed by atoms with Gasteiger partial charge in [-0.1, -0.05) is 23.9 Å². The van der Waals surface area contributed by atoms with E-state index in [-0.39, 0.29) is 0 Å². The van der Waals surface area contributed by atoms with E-state index >= 15 is 4.39 Å². The molecule has 0 aromatic heterocycles. The van der Waals surface area contributed by atoms with Crippen LogP contribution in [-0.2, 0) is 0 Å². The Morgan fingerprint density at radius 1 is 1.00 bits per heavy atom. The molecule has 5 rings (SSSR count). The number of halogens is 4. The highest BCUT2D eigenvalue weighted by atomic mass is 32.2. The second-order valence-electron chi connectivity index (χ2n) is 8.73. The number of methoxy groups -OCH3 is 2. The average molecular weight is 547 g/mol. The summed E-state index contributed by atoms with van der Waals surface area (Å²) in [6.07, 6.45) is 2.17. The molecule has 2 aliphatic rings. The minimum absolute atomic E-state index is 0.324. The highest BCUT2D eigenvalue weighted by Gasteiger charge is 2.39. The Morgan fingerprint density at radius 3 is 2.37 bits per heavy atom. The van der Waals surface area contributed by atoms with Crippen LogP contribution in [-0.4, -0.2) is 36.8 Å². The third-order valence-corrected chi connectivity index (χ3v) is 7.36. The normalized spacial score (nSPS) is 16.8. The SMILES string of the molecule is COc1c(OCC2CC2)cccc1C1SC(c2ccc(F)cc2)=NN1C(=O)c1cc(F)c(F)c(OC)c1F. The fourth-order valence-corrected chi connectivity index (χ4v) is 5.16. The molecule has 11 heteroatoms. The summed E-state index contributed by atoms with van der Waals surface area (Å²) in [4.78, 5) is 13.6. The van der Waals surface area contributed by atoms with Gasteiger partial charge in [0, 0.05) is 11.1 Å². The summed E-state index contributed by atoms with van der Waals surface area (Å²) < 4.78 is 73.2. The van der Waals surface area contributed by atoms with Crippen LogP contribution in [0.5, 0.6) is 17.2 Å². The molecule has 3 aromatic carbocycles. The van der Waals surface area contributed by atoms with Gasteiger partial charge in [0.2, 0.25) is 5.82 Å². The monoisotopic (exact) mass is 546 g/mol. The minimum atomic E-state index is -1.55. The Kier molecular flexibility index (Phi) is 7.20. The van der Waals surface area contributed by atoms with Gasteiger partial charge in [-0.15, -0.1) is 0 Å². The summed E-state index contributed by atoms with van der Waals surface area (Å²) in [6.45, 7) is 0.511. The number of thioether (sulfide) groups is 1. The lowest BCUT2D eigenvalue weighted by molar-refractivity contribution is 0.0741. The van der Waals surface area contributed by atoms with Crippen molar-refractivity contribution in [2.24, 2.45) is 11.0 Å². The maximum Gasteiger partial charge on any atom is 0.278 e. The molecule has 1 heterocycles. The molecule has 6 nitrogen and oxygen atoms in total. The van der Waals surface area contributed by atoms with Gasteiger partial charge in [-0.3, -0.25) is 4.79 Å². The van der Waals surface area contributed by atoms with Gasteiger partial charge in [-0.25, -0.2) is 18.2 Å². The maximum atomic E-state index is 15.1. The molecule has 38 heavy (non-hydrogen) atoms. The smallest absolute Gasteiger partial charge is 0.278 e. The van der Waals surface area contributed by atoms with E-state index in [2.05, 4.69) is 9.84 Å². The third-order valence-electron chi connectivity index (χ3n) is 6.14. The molecule has 1 fully saturated rings. The van der Waals surface area contributed by atoms with Crippen LogP contribution in [0, 0.1) is 29.2 Å². The van der Waals surface area contributed by atoms with E-state index in [9.17, 15) is 18.0 Å². The molecule has 3 aromatic rings. The molecule has 1 amide bonds. The van der Waals surface area contributed by atoms with Crippen LogP contribution < -0.4 is 14.2 Å². The first-order chi connectivity index (χ1) is 18.3. The van der Waals surface area contributed by atoms with Crippen LogP contribution in [0.1, 0.15) is 39.7 Å². The topological polar surface area (TPSA) is 60.4 Å². The number of benzene rings is 3. The number of rotatable bonds is 8. The van der Waals surface area contributed by atoms with Gasteiger partial charge in [-0.05, 0) is 55.2 Å². The number of ether oxygens (including phenoxy) is 3. The van der Waals surface area contributed by atoms with Gasteiger partial charge in [-0.2, -0.15) is 9.49 Å². The van der Waals surface area contributed by atoms with E-state index in [0.717, 1.165) is 36.7 Å². The van der Waals surface area contributed by atoms with Crippen molar-refractivity contribution in [3.05, 3.63) is 88.5 Å². The van der Waals surface area contributed by atoms with E-state index in [1.165, 1.54) is 31.4 Å². The first-order valence-electron chi connectivity index (χ1n) is 11.7. The minimum Gasteiger partial charge on any atom is -0.492 e. The quantitative estimate of drug-likeness (QED) is 0.245. The fourth-order valence-electron chi connectivity index (χ4n) is 3.99. The van der Waals surface area contributed by atoms with Crippen molar-refractivity contribution in [2.75, 3.05) is 20.8 Å². The molecule has 1 aliphatic carbocycles. The summed E-state index contributed by atoms with van der Waals surface area (Å²) in [5.74, 6) is -5.60.